The molecular weight excluding hydrogens is 346 g/mol. The first kappa shape index (κ1) is 19.2. The Morgan fingerprint density at radius 1 is 1.11 bits per heavy atom. The molecular formula is C20H23N3O4. The monoisotopic (exact) mass is 369 g/mol. The van der Waals surface area contributed by atoms with Crippen molar-refractivity contribution >= 4 is 11.5 Å². The van der Waals surface area contributed by atoms with Crippen molar-refractivity contribution < 1.29 is 14.5 Å². The number of rotatable bonds is 8. The lowest BCUT2D eigenvalue weighted by atomic mass is 10.0. The van der Waals surface area contributed by atoms with Gasteiger partial charge in [-0.3, -0.25) is 19.8 Å². The van der Waals surface area contributed by atoms with E-state index in [9.17, 15) is 14.9 Å². The van der Waals surface area contributed by atoms with E-state index in [0.29, 0.717) is 25.3 Å². The molecule has 1 aliphatic rings. The number of ether oxygens (including phenoxy) is 1. The highest BCUT2D eigenvalue weighted by atomic mass is 16.6. The fourth-order valence-corrected chi connectivity index (χ4v) is 3.22. The molecule has 7 heteroatoms. The lowest BCUT2D eigenvalue weighted by Gasteiger charge is -2.35. The third-order valence-corrected chi connectivity index (χ3v) is 4.69. The number of non-ortho nitro benzene ring substituents is 1. The maximum absolute atomic E-state index is 12.4. The van der Waals surface area contributed by atoms with Crippen molar-refractivity contribution in [3.63, 3.8) is 0 Å². The van der Waals surface area contributed by atoms with Crippen LogP contribution in [0.2, 0.25) is 0 Å². The van der Waals surface area contributed by atoms with Gasteiger partial charge < -0.3 is 10.1 Å². The van der Waals surface area contributed by atoms with Gasteiger partial charge >= 0.3 is 0 Å². The van der Waals surface area contributed by atoms with Gasteiger partial charge in [-0.1, -0.05) is 30.3 Å². The molecule has 0 saturated carbocycles. The molecule has 1 saturated heterocycles. The average Bonchev–Trinajstić information content (AvgIpc) is 2.72. The molecule has 0 amide bonds. The lowest BCUT2D eigenvalue weighted by molar-refractivity contribution is -0.384. The summed E-state index contributed by atoms with van der Waals surface area (Å²) in [6.45, 7) is 3.97. The van der Waals surface area contributed by atoms with Crippen LogP contribution < -0.4 is 5.32 Å². The molecule has 1 unspecified atom stereocenters. The van der Waals surface area contributed by atoms with Gasteiger partial charge in [0.2, 0.25) is 0 Å². The topological polar surface area (TPSA) is 84.7 Å². The molecule has 7 nitrogen and oxygen atoms in total. The van der Waals surface area contributed by atoms with E-state index in [-0.39, 0.29) is 24.1 Å². The van der Waals surface area contributed by atoms with Crippen LogP contribution in [0.5, 0.6) is 0 Å². The summed E-state index contributed by atoms with van der Waals surface area (Å²) >= 11 is 0. The summed E-state index contributed by atoms with van der Waals surface area (Å²) in [6, 6.07) is 16.1. The number of hydrogen-bond acceptors (Lipinski definition) is 6. The second-order valence-corrected chi connectivity index (χ2v) is 6.43. The predicted octanol–water partition coefficient (Wildman–Crippen LogP) is 2.44. The molecule has 0 aliphatic carbocycles. The van der Waals surface area contributed by atoms with Gasteiger partial charge in [0.1, 0.15) is 0 Å². The zero-order valence-corrected chi connectivity index (χ0v) is 15.0. The van der Waals surface area contributed by atoms with Crippen molar-refractivity contribution in [1.82, 2.24) is 10.2 Å². The van der Waals surface area contributed by atoms with Crippen molar-refractivity contribution in [3.8, 4) is 0 Å². The normalized spacial score (nSPS) is 16.0. The summed E-state index contributed by atoms with van der Waals surface area (Å²) in [4.78, 5) is 25.0. The van der Waals surface area contributed by atoms with Crippen molar-refractivity contribution in [2.45, 2.75) is 6.04 Å². The largest absolute Gasteiger partial charge is 0.379 e. The summed E-state index contributed by atoms with van der Waals surface area (Å²) in [7, 11) is 0. The number of morpholine rings is 1. The van der Waals surface area contributed by atoms with Gasteiger partial charge in [0.05, 0.1) is 24.7 Å². The minimum Gasteiger partial charge on any atom is -0.379 e. The zero-order valence-electron chi connectivity index (χ0n) is 15.0. The van der Waals surface area contributed by atoms with Crippen LogP contribution in [-0.4, -0.2) is 55.0 Å². The maximum Gasteiger partial charge on any atom is 0.269 e. The highest BCUT2D eigenvalue weighted by Gasteiger charge is 2.22. The molecule has 2 aromatic rings. The number of benzene rings is 2. The predicted molar refractivity (Wildman–Crippen MR) is 102 cm³/mol. The molecule has 1 aliphatic heterocycles. The molecule has 1 heterocycles. The highest BCUT2D eigenvalue weighted by Crippen LogP contribution is 2.21. The molecule has 2 aromatic carbocycles. The van der Waals surface area contributed by atoms with E-state index in [1.807, 2.05) is 18.2 Å². The molecule has 27 heavy (non-hydrogen) atoms. The molecule has 1 fully saturated rings. The van der Waals surface area contributed by atoms with E-state index in [0.717, 1.165) is 13.1 Å². The smallest absolute Gasteiger partial charge is 0.269 e. The van der Waals surface area contributed by atoms with E-state index >= 15 is 0 Å². The van der Waals surface area contributed by atoms with E-state index < -0.39 is 4.92 Å². The first-order valence-corrected chi connectivity index (χ1v) is 9.00. The number of nitro benzene ring substituents is 1. The van der Waals surface area contributed by atoms with Crippen molar-refractivity contribution in [3.05, 3.63) is 75.8 Å². The quantitative estimate of drug-likeness (QED) is 0.437. The summed E-state index contributed by atoms with van der Waals surface area (Å²) in [5.74, 6) is -0.0845. The van der Waals surface area contributed by atoms with Gasteiger partial charge in [-0.15, -0.1) is 0 Å². The van der Waals surface area contributed by atoms with Gasteiger partial charge in [0, 0.05) is 43.4 Å². The molecule has 0 bridgehead atoms. The van der Waals surface area contributed by atoms with Gasteiger partial charge in [-0.05, 0) is 17.7 Å². The minimum absolute atomic E-state index is 0.0176. The fraction of sp³-hybridized carbons (Fsp3) is 0.350. The van der Waals surface area contributed by atoms with E-state index in [1.54, 1.807) is 0 Å². The Bertz CT molecular complexity index is 759. The van der Waals surface area contributed by atoms with Crippen molar-refractivity contribution in [1.29, 1.82) is 0 Å². The SMILES string of the molecule is O=C(CNCC(c1ccccc1)N1CCOCC1)c1ccc([N+](=O)[O-])cc1. The summed E-state index contributed by atoms with van der Waals surface area (Å²) in [5.41, 5.74) is 1.65. The molecule has 0 aromatic heterocycles. The number of nitrogens with one attached hydrogen (secondary N) is 1. The first-order valence-electron chi connectivity index (χ1n) is 9.00. The Labute approximate surface area is 158 Å². The maximum atomic E-state index is 12.4. The summed E-state index contributed by atoms with van der Waals surface area (Å²) in [5, 5.41) is 14.0. The molecule has 1 N–H and O–H groups in total. The van der Waals surface area contributed by atoms with E-state index in [2.05, 4.69) is 22.3 Å². The van der Waals surface area contributed by atoms with Crippen LogP contribution in [0.1, 0.15) is 22.0 Å². The van der Waals surface area contributed by atoms with Gasteiger partial charge in [-0.25, -0.2) is 0 Å². The van der Waals surface area contributed by atoms with Gasteiger partial charge in [0.15, 0.2) is 5.78 Å². The van der Waals surface area contributed by atoms with Crippen LogP contribution in [0.3, 0.4) is 0 Å². The molecule has 0 spiro atoms. The van der Waals surface area contributed by atoms with Crippen LogP contribution in [0.25, 0.3) is 0 Å². The number of ketones is 1. The van der Waals surface area contributed by atoms with Crippen LogP contribution >= 0.6 is 0 Å². The van der Waals surface area contributed by atoms with E-state index in [4.69, 9.17) is 4.74 Å². The summed E-state index contributed by atoms with van der Waals surface area (Å²) in [6.07, 6.45) is 0. The zero-order chi connectivity index (χ0) is 19.1. The third kappa shape index (κ3) is 5.19. The van der Waals surface area contributed by atoms with Crippen LogP contribution in [-0.2, 0) is 4.74 Å². The number of carbonyl (C=O) groups is 1. The Morgan fingerprint density at radius 3 is 2.41 bits per heavy atom. The number of carbonyl (C=O) groups excluding carboxylic acids is 1. The van der Waals surface area contributed by atoms with Gasteiger partial charge in [0.25, 0.3) is 5.69 Å². The van der Waals surface area contributed by atoms with Crippen LogP contribution in [0.15, 0.2) is 54.6 Å². The number of nitro groups is 1. The van der Waals surface area contributed by atoms with Crippen LogP contribution in [0.4, 0.5) is 5.69 Å². The van der Waals surface area contributed by atoms with Crippen molar-refractivity contribution in [2.75, 3.05) is 39.4 Å². The second kappa shape index (κ2) is 9.36. The molecule has 142 valence electrons. The van der Waals surface area contributed by atoms with E-state index in [1.165, 1.54) is 29.8 Å². The minimum atomic E-state index is -0.473. The molecule has 0 radical (unpaired) electrons. The number of nitrogens with zero attached hydrogens (tertiary/aromatic N) is 2. The Kier molecular flexibility index (Phi) is 6.64. The Balaban J connectivity index is 1.59. The summed E-state index contributed by atoms with van der Waals surface area (Å²) < 4.78 is 5.45. The highest BCUT2D eigenvalue weighted by molar-refractivity contribution is 5.97. The average molecular weight is 369 g/mol. The van der Waals surface area contributed by atoms with Gasteiger partial charge in [-0.2, -0.15) is 0 Å². The number of Topliss-reactive ketones (excluding diaryl/α,β-unsaturated/α-hetero) is 1. The Morgan fingerprint density at radius 2 is 1.78 bits per heavy atom. The first-order chi connectivity index (χ1) is 13.1. The number of hydrogen-bond donors (Lipinski definition) is 1. The molecule has 1 atom stereocenters. The van der Waals surface area contributed by atoms with Crippen LogP contribution in [0, 0.1) is 10.1 Å². The fourth-order valence-electron chi connectivity index (χ4n) is 3.22. The standard InChI is InChI=1S/C20H23N3O4/c24-20(17-6-8-18(9-7-17)23(25)26)15-21-14-19(16-4-2-1-3-5-16)22-10-12-27-13-11-22/h1-9,19,21H,10-15H2. The third-order valence-electron chi connectivity index (χ3n) is 4.69. The Hall–Kier alpha value is -2.61. The molecule has 3 rings (SSSR count). The second-order valence-electron chi connectivity index (χ2n) is 6.43. The van der Waals surface area contributed by atoms with Crippen molar-refractivity contribution in [2.24, 2.45) is 0 Å². The lowest BCUT2D eigenvalue weighted by Crippen LogP contribution is -2.43.